The van der Waals surface area contributed by atoms with Gasteiger partial charge >= 0.3 is 0 Å². The zero-order valence-corrected chi connectivity index (χ0v) is 19.3. The van der Waals surface area contributed by atoms with Gasteiger partial charge in [0, 0.05) is 48.7 Å². The first-order valence-electron chi connectivity index (χ1n) is 10.4. The Morgan fingerprint density at radius 3 is 2.73 bits per heavy atom. The lowest BCUT2D eigenvalue weighted by Crippen LogP contribution is -2.28. The van der Waals surface area contributed by atoms with Gasteiger partial charge in [-0.05, 0) is 18.2 Å². The van der Waals surface area contributed by atoms with Crippen LogP contribution in [0.2, 0.25) is 5.02 Å². The van der Waals surface area contributed by atoms with Crippen molar-refractivity contribution in [1.29, 1.82) is 0 Å². The normalized spacial score (nSPS) is 15.8. The molecule has 0 bridgehead atoms. The average Bonchev–Trinajstić information content (AvgIpc) is 3.52. The number of carbonyl (C=O) groups is 2. The summed E-state index contributed by atoms with van der Waals surface area (Å²) < 4.78 is 1.92. The lowest BCUT2D eigenvalue weighted by molar-refractivity contribution is -0.122. The van der Waals surface area contributed by atoms with Gasteiger partial charge in [0.15, 0.2) is 11.0 Å². The van der Waals surface area contributed by atoms with Crippen LogP contribution in [-0.4, -0.2) is 32.9 Å². The number of amides is 2. The molecule has 2 amide bonds. The van der Waals surface area contributed by atoms with Crippen molar-refractivity contribution in [3.05, 3.63) is 72.0 Å². The van der Waals surface area contributed by atoms with E-state index in [9.17, 15) is 9.59 Å². The second kappa shape index (κ2) is 8.80. The number of imidazole rings is 1. The monoisotopic (exact) mass is 477 g/mol. The minimum absolute atomic E-state index is 0.102. The van der Waals surface area contributed by atoms with Gasteiger partial charge in [-0.1, -0.05) is 59.3 Å². The van der Waals surface area contributed by atoms with Crippen molar-refractivity contribution in [2.24, 2.45) is 13.0 Å². The Kier molecular flexibility index (Phi) is 5.70. The average molecular weight is 478 g/mol. The van der Waals surface area contributed by atoms with Crippen molar-refractivity contribution in [1.82, 2.24) is 14.5 Å². The van der Waals surface area contributed by atoms with Crippen molar-refractivity contribution in [2.45, 2.75) is 6.42 Å². The van der Waals surface area contributed by atoms with E-state index < -0.39 is 5.92 Å². The number of halogens is 1. The molecule has 3 heterocycles. The minimum atomic E-state index is -0.475. The molecule has 166 valence electrons. The Labute approximate surface area is 199 Å². The van der Waals surface area contributed by atoms with Crippen molar-refractivity contribution < 1.29 is 9.59 Å². The number of anilines is 2. The van der Waals surface area contributed by atoms with Crippen LogP contribution in [0.5, 0.6) is 0 Å². The van der Waals surface area contributed by atoms with Gasteiger partial charge in [-0.2, -0.15) is 0 Å². The van der Waals surface area contributed by atoms with Gasteiger partial charge in [0.05, 0.1) is 16.5 Å². The smallest absolute Gasteiger partial charge is 0.231 e. The molecule has 1 fully saturated rings. The first-order valence-corrected chi connectivity index (χ1v) is 11.6. The maximum Gasteiger partial charge on any atom is 0.231 e. The van der Waals surface area contributed by atoms with E-state index in [-0.39, 0.29) is 18.2 Å². The van der Waals surface area contributed by atoms with Gasteiger partial charge in [0.25, 0.3) is 0 Å². The van der Waals surface area contributed by atoms with Gasteiger partial charge < -0.3 is 14.8 Å². The molecule has 1 aliphatic heterocycles. The van der Waals surface area contributed by atoms with Gasteiger partial charge in [-0.25, -0.2) is 9.97 Å². The lowest BCUT2D eigenvalue weighted by Gasteiger charge is -2.16. The molecule has 1 saturated heterocycles. The molecule has 0 saturated carbocycles. The fourth-order valence-corrected chi connectivity index (χ4v) is 5.10. The van der Waals surface area contributed by atoms with Crippen LogP contribution < -0.4 is 10.2 Å². The zero-order chi connectivity index (χ0) is 22.9. The van der Waals surface area contributed by atoms with Crippen LogP contribution in [0.15, 0.2) is 67.0 Å². The molecule has 1 unspecified atom stereocenters. The van der Waals surface area contributed by atoms with Crippen LogP contribution in [0.4, 0.5) is 10.8 Å². The van der Waals surface area contributed by atoms with E-state index in [1.54, 1.807) is 29.3 Å². The molecule has 7 nitrogen and oxygen atoms in total. The van der Waals surface area contributed by atoms with Crippen molar-refractivity contribution in [2.75, 3.05) is 16.8 Å². The predicted molar refractivity (Wildman–Crippen MR) is 130 cm³/mol. The molecule has 2 aromatic heterocycles. The Morgan fingerprint density at radius 2 is 2.00 bits per heavy atom. The van der Waals surface area contributed by atoms with E-state index in [2.05, 4.69) is 10.3 Å². The van der Waals surface area contributed by atoms with E-state index in [0.717, 1.165) is 22.0 Å². The fraction of sp³-hybridized carbons (Fsp3) is 0.167. The first-order chi connectivity index (χ1) is 16.0. The van der Waals surface area contributed by atoms with E-state index in [0.29, 0.717) is 22.4 Å². The Morgan fingerprint density at radius 1 is 1.18 bits per heavy atom. The summed E-state index contributed by atoms with van der Waals surface area (Å²) in [4.78, 5) is 37.3. The Bertz CT molecular complexity index is 1330. The van der Waals surface area contributed by atoms with Crippen LogP contribution in [0, 0.1) is 5.92 Å². The van der Waals surface area contributed by atoms with Crippen molar-refractivity contribution >= 4 is 45.6 Å². The van der Waals surface area contributed by atoms with Crippen molar-refractivity contribution in [3.63, 3.8) is 0 Å². The number of rotatable bonds is 5. The maximum absolute atomic E-state index is 13.0. The quantitative estimate of drug-likeness (QED) is 0.445. The Balaban J connectivity index is 1.39. The molecule has 1 atom stereocenters. The number of aromatic nitrogens is 3. The zero-order valence-electron chi connectivity index (χ0n) is 17.7. The van der Waals surface area contributed by atoms with Crippen LogP contribution in [0.25, 0.3) is 22.0 Å². The third-order valence-electron chi connectivity index (χ3n) is 5.54. The molecular weight excluding hydrogens is 458 g/mol. The molecule has 9 heteroatoms. The second-order valence-corrected chi connectivity index (χ2v) is 9.23. The largest absolute Gasteiger partial charge is 0.333 e. The van der Waals surface area contributed by atoms with Gasteiger partial charge in [0.2, 0.25) is 11.8 Å². The minimum Gasteiger partial charge on any atom is -0.333 e. The predicted octanol–water partition coefficient (Wildman–Crippen LogP) is 4.86. The molecule has 5 rings (SSSR count). The highest BCUT2D eigenvalue weighted by Gasteiger charge is 2.35. The summed E-state index contributed by atoms with van der Waals surface area (Å²) in [6.45, 7) is 0.300. The van der Waals surface area contributed by atoms with Gasteiger partial charge in [-0.15, -0.1) is 0 Å². The van der Waals surface area contributed by atoms with E-state index in [1.807, 2.05) is 54.2 Å². The summed E-state index contributed by atoms with van der Waals surface area (Å²) in [6.07, 6.45) is 3.74. The molecule has 2 aromatic carbocycles. The summed E-state index contributed by atoms with van der Waals surface area (Å²) in [5.41, 5.74) is 2.39. The van der Waals surface area contributed by atoms with Gasteiger partial charge in [0.1, 0.15) is 0 Å². The summed E-state index contributed by atoms with van der Waals surface area (Å²) in [7, 11) is 1.92. The molecule has 4 aromatic rings. The number of benzene rings is 2. The lowest BCUT2D eigenvalue weighted by atomic mass is 10.1. The maximum atomic E-state index is 13.0. The number of hydrogen-bond acceptors (Lipinski definition) is 5. The molecule has 0 aliphatic carbocycles. The van der Waals surface area contributed by atoms with Crippen LogP contribution in [0.1, 0.15) is 6.42 Å². The van der Waals surface area contributed by atoms with Crippen LogP contribution >= 0.6 is 22.9 Å². The third kappa shape index (κ3) is 4.27. The SMILES string of the molecule is Cn1ccnc1-c1sc(NC(=O)C2CC(=O)N(c3cccc(Cl)c3)C2)nc1-c1ccccc1. The molecule has 0 radical (unpaired) electrons. The second-order valence-electron chi connectivity index (χ2n) is 7.80. The van der Waals surface area contributed by atoms with Gasteiger partial charge in [-0.3, -0.25) is 9.59 Å². The van der Waals surface area contributed by atoms with Crippen LogP contribution in [0.3, 0.4) is 0 Å². The first kappa shape index (κ1) is 21.4. The number of aryl methyl sites for hydroxylation is 1. The molecule has 1 aliphatic rings. The standard InChI is InChI=1S/C24H20ClN5O2S/c1-29-11-10-26-22(29)21-20(15-6-3-2-4-7-15)27-24(33-21)28-23(32)16-12-19(31)30(14-16)18-9-5-8-17(25)13-18/h2-11,13,16H,12,14H2,1H3,(H,27,28,32). The topological polar surface area (TPSA) is 80.1 Å². The van der Waals surface area contributed by atoms with E-state index in [4.69, 9.17) is 16.6 Å². The highest BCUT2D eigenvalue weighted by molar-refractivity contribution is 7.19. The number of hydrogen-bond donors (Lipinski definition) is 1. The third-order valence-corrected chi connectivity index (χ3v) is 6.75. The highest BCUT2D eigenvalue weighted by Crippen LogP contribution is 2.38. The fourth-order valence-electron chi connectivity index (χ4n) is 3.89. The van der Waals surface area contributed by atoms with Crippen LogP contribution in [-0.2, 0) is 16.6 Å². The van der Waals surface area contributed by atoms with E-state index in [1.165, 1.54) is 11.3 Å². The molecule has 0 spiro atoms. The van der Waals surface area contributed by atoms with Crippen molar-refractivity contribution in [3.8, 4) is 22.0 Å². The summed E-state index contributed by atoms with van der Waals surface area (Å²) in [6, 6.07) is 16.9. The number of nitrogens with zero attached hydrogens (tertiary/aromatic N) is 4. The summed E-state index contributed by atoms with van der Waals surface area (Å²) in [5, 5.41) is 3.95. The van der Waals surface area contributed by atoms with E-state index >= 15 is 0 Å². The Hall–Kier alpha value is -3.49. The number of thiazole rings is 1. The number of carbonyl (C=O) groups excluding carboxylic acids is 2. The molecule has 1 N–H and O–H groups in total. The molecular formula is C24H20ClN5O2S. The number of nitrogens with one attached hydrogen (secondary N) is 1. The summed E-state index contributed by atoms with van der Waals surface area (Å²) >= 11 is 7.44. The highest BCUT2D eigenvalue weighted by atomic mass is 35.5. The summed E-state index contributed by atoms with van der Waals surface area (Å²) in [5.74, 6) is -0.0324. The molecule has 33 heavy (non-hydrogen) atoms.